The molecule has 0 aliphatic heterocycles. The molecule has 2 aromatic rings. The molecule has 1 heterocycles. The summed E-state index contributed by atoms with van der Waals surface area (Å²) in [5, 5.41) is 4.66. The van der Waals surface area contributed by atoms with Gasteiger partial charge in [-0.05, 0) is 25.0 Å². The molecule has 1 aromatic heterocycles. The van der Waals surface area contributed by atoms with Crippen LogP contribution in [0.3, 0.4) is 0 Å². The van der Waals surface area contributed by atoms with E-state index in [-0.39, 0.29) is 5.82 Å². The third-order valence-electron chi connectivity index (χ3n) is 2.96. The third kappa shape index (κ3) is 2.81. The maximum absolute atomic E-state index is 13.5. The van der Waals surface area contributed by atoms with Gasteiger partial charge in [-0.3, -0.25) is 4.68 Å². The van der Waals surface area contributed by atoms with Crippen LogP contribution in [0.2, 0.25) is 0 Å². The molecule has 0 spiro atoms. The van der Waals surface area contributed by atoms with Gasteiger partial charge in [-0.1, -0.05) is 12.6 Å². The molecule has 0 bridgehead atoms. The lowest BCUT2D eigenvalue weighted by Crippen LogP contribution is -2.06. The first kappa shape index (κ1) is 13.3. The lowest BCUT2D eigenvalue weighted by atomic mass is 10.1. The Morgan fingerprint density at radius 3 is 3.05 bits per heavy atom. The second kappa shape index (κ2) is 5.65. The van der Waals surface area contributed by atoms with Crippen LogP contribution in [0.15, 0.2) is 36.5 Å². The first-order valence-electron chi connectivity index (χ1n) is 5.99. The SMILES string of the molecule is C=C(CCCn1ncc2c(F)cccc21)C(=O)OC. The van der Waals surface area contributed by atoms with E-state index in [1.807, 2.05) is 6.07 Å². The number of halogens is 1. The Morgan fingerprint density at radius 1 is 1.53 bits per heavy atom. The van der Waals surface area contributed by atoms with Gasteiger partial charge >= 0.3 is 5.97 Å². The zero-order chi connectivity index (χ0) is 13.8. The van der Waals surface area contributed by atoms with Crippen LogP contribution in [0.4, 0.5) is 4.39 Å². The monoisotopic (exact) mass is 262 g/mol. The average molecular weight is 262 g/mol. The highest BCUT2D eigenvalue weighted by Crippen LogP contribution is 2.17. The average Bonchev–Trinajstić information content (AvgIpc) is 2.82. The Hall–Kier alpha value is -2.17. The first-order valence-corrected chi connectivity index (χ1v) is 5.99. The molecule has 100 valence electrons. The largest absolute Gasteiger partial charge is 0.466 e. The number of rotatable bonds is 5. The van der Waals surface area contributed by atoms with Crippen molar-refractivity contribution in [1.82, 2.24) is 9.78 Å². The number of benzene rings is 1. The van der Waals surface area contributed by atoms with E-state index in [1.165, 1.54) is 19.4 Å². The van der Waals surface area contributed by atoms with E-state index in [2.05, 4.69) is 16.4 Å². The van der Waals surface area contributed by atoms with Gasteiger partial charge in [0.2, 0.25) is 0 Å². The Kier molecular flexibility index (Phi) is 3.94. The molecule has 0 atom stereocenters. The summed E-state index contributed by atoms with van der Waals surface area (Å²) in [5.41, 5.74) is 1.19. The Bertz CT molecular complexity index is 619. The van der Waals surface area contributed by atoms with E-state index in [0.29, 0.717) is 30.3 Å². The molecule has 19 heavy (non-hydrogen) atoms. The van der Waals surface area contributed by atoms with E-state index in [1.54, 1.807) is 10.7 Å². The van der Waals surface area contributed by atoms with Crippen molar-refractivity contribution in [3.8, 4) is 0 Å². The normalized spacial score (nSPS) is 10.6. The fraction of sp³-hybridized carbons (Fsp3) is 0.286. The standard InChI is InChI=1S/C14H15FN2O2/c1-10(14(18)19-2)5-4-8-17-13-7-3-6-12(15)11(13)9-16-17/h3,6-7,9H,1,4-5,8H2,2H3. The molecule has 0 saturated carbocycles. The van der Waals surface area contributed by atoms with Gasteiger partial charge in [0.15, 0.2) is 0 Å². The van der Waals surface area contributed by atoms with Gasteiger partial charge in [-0.25, -0.2) is 9.18 Å². The fourth-order valence-electron chi connectivity index (χ4n) is 1.93. The molecule has 0 fully saturated rings. The second-order valence-electron chi connectivity index (χ2n) is 4.24. The zero-order valence-electron chi connectivity index (χ0n) is 10.7. The number of nitrogens with zero attached hydrogens (tertiary/aromatic N) is 2. The number of hydrogen-bond acceptors (Lipinski definition) is 3. The van der Waals surface area contributed by atoms with Gasteiger partial charge in [0, 0.05) is 12.1 Å². The fourth-order valence-corrected chi connectivity index (χ4v) is 1.93. The van der Waals surface area contributed by atoms with Crippen molar-refractivity contribution in [3.63, 3.8) is 0 Å². The van der Waals surface area contributed by atoms with Crippen molar-refractivity contribution in [2.75, 3.05) is 7.11 Å². The number of esters is 1. The summed E-state index contributed by atoms with van der Waals surface area (Å²) in [7, 11) is 1.33. The molecule has 5 heteroatoms. The van der Waals surface area contributed by atoms with Crippen molar-refractivity contribution in [2.24, 2.45) is 0 Å². The quantitative estimate of drug-likeness (QED) is 0.614. The summed E-state index contributed by atoms with van der Waals surface area (Å²) in [4.78, 5) is 11.2. The van der Waals surface area contributed by atoms with Crippen LogP contribution in [0.25, 0.3) is 10.9 Å². The van der Waals surface area contributed by atoms with Crippen molar-refractivity contribution in [2.45, 2.75) is 19.4 Å². The van der Waals surface area contributed by atoms with Gasteiger partial charge in [0.1, 0.15) is 5.82 Å². The number of aryl methyl sites for hydroxylation is 1. The highest BCUT2D eigenvalue weighted by Gasteiger charge is 2.08. The number of hydrogen-bond donors (Lipinski definition) is 0. The van der Waals surface area contributed by atoms with Crippen molar-refractivity contribution in [3.05, 3.63) is 42.4 Å². The van der Waals surface area contributed by atoms with Crippen LogP contribution < -0.4 is 0 Å². The van der Waals surface area contributed by atoms with Gasteiger partial charge in [0.05, 0.1) is 24.2 Å². The topological polar surface area (TPSA) is 44.1 Å². The Labute approximate surface area is 110 Å². The summed E-state index contributed by atoms with van der Waals surface area (Å²) in [6, 6.07) is 4.89. The summed E-state index contributed by atoms with van der Waals surface area (Å²) >= 11 is 0. The summed E-state index contributed by atoms with van der Waals surface area (Å²) in [6.07, 6.45) is 2.74. The van der Waals surface area contributed by atoms with Gasteiger partial charge in [0.25, 0.3) is 0 Å². The van der Waals surface area contributed by atoms with E-state index in [4.69, 9.17) is 0 Å². The first-order chi connectivity index (χ1) is 9.13. The molecule has 0 aliphatic rings. The highest BCUT2D eigenvalue weighted by atomic mass is 19.1. The minimum Gasteiger partial charge on any atom is -0.466 e. The smallest absolute Gasteiger partial charge is 0.333 e. The van der Waals surface area contributed by atoms with Crippen molar-refractivity contribution in [1.29, 1.82) is 0 Å². The molecule has 1 aromatic carbocycles. The van der Waals surface area contributed by atoms with Gasteiger partial charge in [-0.2, -0.15) is 5.10 Å². The van der Waals surface area contributed by atoms with E-state index in [9.17, 15) is 9.18 Å². The van der Waals surface area contributed by atoms with Crippen LogP contribution in [0.5, 0.6) is 0 Å². The molecule has 0 saturated heterocycles. The Morgan fingerprint density at radius 2 is 2.32 bits per heavy atom. The molecule has 2 rings (SSSR count). The predicted octanol–water partition coefficient (Wildman–Crippen LogP) is 2.68. The molecular formula is C14H15FN2O2. The van der Waals surface area contributed by atoms with Gasteiger partial charge in [-0.15, -0.1) is 0 Å². The van der Waals surface area contributed by atoms with Crippen molar-refractivity contribution >= 4 is 16.9 Å². The summed E-state index contributed by atoms with van der Waals surface area (Å²) in [5.74, 6) is -0.668. The van der Waals surface area contributed by atoms with Crippen LogP contribution >= 0.6 is 0 Å². The maximum Gasteiger partial charge on any atom is 0.333 e. The van der Waals surface area contributed by atoms with E-state index in [0.717, 1.165) is 5.52 Å². The molecule has 0 N–H and O–H groups in total. The molecule has 0 unspecified atom stereocenters. The molecular weight excluding hydrogens is 247 g/mol. The van der Waals surface area contributed by atoms with E-state index < -0.39 is 5.97 Å². The van der Waals surface area contributed by atoms with Crippen molar-refractivity contribution < 1.29 is 13.9 Å². The number of aromatic nitrogens is 2. The zero-order valence-corrected chi connectivity index (χ0v) is 10.7. The minimum absolute atomic E-state index is 0.275. The molecule has 4 nitrogen and oxygen atoms in total. The molecule has 0 aliphatic carbocycles. The van der Waals surface area contributed by atoms with Crippen LogP contribution in [0.1, 0.15) is 12.8 Å². The lowest BCUT2D eigenvalue weighted by molar-refractivity contribution is -0.136. The molecule has 0 amide bonds. The summed E-state index contributed by atoms with van der Waals surface area (Å²) < 4.78 is 19.8. The lowest BCUT2D eigenvalue weighted by Gasteiger charge is -2.05. The Balaban J connectivity index is 2.01. The van der Waals surface area contributed by atoms with Gasteiger partial charge < -0.3 is 4.74 Å². The highest BCUT2D eigenvalue weighted by molar-refractivity contribution is 5.87. The number of methoxy groups -OCH3 is 1. The van der Waals surface area contributed by atoms with Crippen LogP contribution in [-0.4, -0.2) is 22.9 Å². The minimum atomic E-state index is -0.392. The van der Waals surface area contributed by atoms with Crippen LogP contribution in [0, 0.1) is 5.82 Å². The molecule has 0 radical (unpaired) electrons. The number of ether oxygens (including phenoxy) is 1. The van der Waals surface area contributed by atoms with E-state index >= 15 is 0 Å². The summed E-state index contributed by atoms with van der Waals surface area (Å²) in [6.45, 7) is 4.26. The number of carbonyl (C=O) groups excluding carboxylic acids is 1. The predicted molar refractivity (Wildman–Crippen MR) is 70.1 cm³/mol. The second-order valence-corrected chi connectivity index (χ2v) is 4.24. The maximum atomic E-state index is 13.5. The number of carbonyl (C=O) groups is 1. The number of fused-ring (bicyclic) bond motifs is 1. The van der Waals surface area contributed by atoms with Crippen LogP contribution in [-0.2, 0) is 16.1 Å². The third-order valence-corrected chi connectivity index (χ3v) is 2.96.